The fourth-order valence-electron chi connectivity index (χ4n) is 3.51. The molecule has 0 aliphatic carbocycles. The van der Waals surface area contributed by atoms with E-state index < -0.39 is 6.09 Å². The minimum Gasteiger partial charge on any atom is -0.454 e. The zero-order chi connectivity index (χ0) is 25.5. The molecule has 1 heterocycles. The van der Waals surface area contributed by atoms with E-state index in [0.717, 1.165) is 21.7 Å². The molecule has 0 atom stereocenters. The number of nitrogens with zero attached hydrogens (tertiary/aromatic N) is 1. The smallest absolute Gasteiger partial charge is 0.411 e. The van der Waals surface area contributed by atoms with Crippen molar-refractivity contribution in [2.75, 3.05) is 10.6 Å². The van der Waals surface area contributed by atoms with Crippen molar-refractivity contribution in [3.05, 3.63) is 113 Å². The Bertz CT molecular complexity index is 1410. The molecular weight excluding hydrogens is 508 g/mol. The number of aliphatic imine (C=N–C) groups is 1. The highest BCUT2D eigenvalue weighted by Crippen LogP contribution is 2.40. The molecule has 0 radical (unpaired) electrons. The van der Waals surface area contributed by atoms with Gasteiger partial charge in [0.15, 0.2) is 5.75 Å². The lowest BCUT2D eigenvalue weighted by atomic mass is 10.2. The van der Waals surface area contributed by atoms with Gasteiger partial charge in [-0.3, -0.25) is 10.0 Å². The van der Waals surface area contributed by atoms with E-state index in [-0.39, 0.29) is 6.61 Å². The molecule has 0 saturated carbocycles. The standard InChI is InChI=1S/C28H23ClN4O3S/c29-22-9-4-5-10-23(22)36-24-11-6-12-25-26(24)32-27(33-37-25)30-17-19-13-15-21(16-14-19)31-28(34)35-18-20-7-2-1-3-8-20/h1-16H,17-18H2,(H,31,34)(H2,30,32,33). The van der Waals surface area contributed by atoms with Crippen LogP contribution in [0, 0.1) is 0 Å². The van der Waals surface area contributed by atoms with Gasteiger partial charge in [0.1, 0.15) is 12.4 Å². The number of anilines is 2. The largest absolute Gasteiger partial charge is 0.454 e. The van der Waals surface area contributed by atoms with Gasteiger partial charge in [0.05, 0.1) is 22.2 Å². The number of ether oxygens (including phenoxy) is 2. The number of hydrogen-bond acceptors (Lipinski definition) is 5. The van der Waals surface area contributed by atoms with Crippen LogP contribution in [-0.4, -0.2) is 12.1 Å². The second kappa shape index (κ2) is 11.7. The van der Waals surface area contributed by atoms with Crippen LogP contribution in [0.25, 0.3) is 0 Å². The molecule has 1 amide bonds. The Balaban J connectivity index is 1.18. The van der Waals surface area contributed by atoms with Crippen molar-refractivity contribution < 1.29 is 14.3 Å². The molecular formula is C28H23ClN4O3S. The lowest BCUT2D eigenvalue weighted by Crippen LogP contribution is -2.29. The summed E-state index contributed by atoms with van der Waals surface area (Å²) in [5.74, 6) is 1.85. The number of fused-ring (bicyclic) bond motifs is 1. The van der Waals surface area contributed by atoms with Gasteiger partial charge >= 0.3 is 6.09 Å². The summed E-state index contributed by atoms with van der Waals surface area (Å²) in [7, 11) is 0. The van der Waals surface area contributed by atoms with E-state index in [9.17, 15) is 4.79 Å². The first-order valence-corrected chi connectivity index (χ1v) is 12.7. The highest BCUT2D eigenvalue weighted by atomic mass is 35.5. The second-order valence-electron chi connectivity index (χ2n) is 8.04. The molecule has 0 unspecified atom stereocenters. The Morgan fingerprint density at radius 2 is 1.62 bits per heavy atom. The maximum absolute atomic E-state index is 12.1. The Morgan fingerprint density at radius 1 is 0.865 bits per heavy atom. The van der Waals surface area contributed by atoms with E-state index in [1.165, 1.54) is 11.9 Å². The molecule has 3 N–H and O–H groups in total. The van der Waals surface area contributed by atoms with Crippen molar-refractivity contribution in [3.63, 3.8) is 0 Å². The van der Waals surface area contributed by atoms with Crippen molar-refractivity contribution >= 4 is 47.0 Å². The van der Waals surface area contributed by atoms with Crippen molar-refractivity contribution in [1.29, 1.82) is 0 Å². The number of halogens is 1. The van der Waals surface area contributed by atoms with Gasteiger partial charge < -0.3 is 14.8 Å². The van der Waals surface area contributed by atoms with Crippen LogP contribution in [0.4, 0.5) is 16.2 Å². The van der Waals surface area contributed by atoms with Crippen LogP contribution in [0.5, 0.6) is 11.5 Å². The Morgan fingerprint density at radius 3 is 2.43 bits per heavy atom. The Kier molecular flexibility index (Phi) is 7.78. The highest BCUT2D eigenvalue weighted by molar-refractivity contribution is 7.98. The zero-order valence-corrected chi connectivity index (χ0v) is 21.2. The normalized spacial score (nSPS) is 13.2. The minimum atomic E-state index is -0.502. The van der Waals surface area contributed by atoms with Gasteiger partial charge in [0.25, 0.3) is 0 Å². The molecule has 186 valence electrons. The van der Waals surface area contributed by atoms with E-state index in [4.69, 9.17) is 21.1 Å². The second-order valence-corrected chi connectivity index (χ2v) is 9.29. The molecule has 0 saturated heterocycles. The Hall–Kier alpha value is -4.14. The number of nitrogens with one attached hydrogen (secondary N) is 3. The van der Waals surface area contributed by atoms with Crippen LogP contribution in [0.2, 0.25) is 5.02 Å². The fraction of sp³-hybridized carbons (Fsp3) is 0.0714. The molecule has 0 fully saturated rings. The van der Waals surface area contributed by atoms with Crippen LogP contribution < -0.4 is 20.1 Å². The number of benzene rings is 4. The number of para-hydroxylation sites is 2. The summed E-state index contributed by atoms with van der Waals surface area (Å²) in [5.41, 5.74) is 3.38. The quantitative estimate of drug-likeness (QED) is 0.215. The summed E-state index contributed by atoms with van der Waals surface area (Å²) in [6.07, 6.45) is -0.502. The average Bonchev–Trinajstić information content (AvgIpc) is 2.93. The monoisotopic (exact) mass is 530 g/mol. The predicted octanol–water partition coefficient (Wildman–Crippen LogP) is 7.46. The highest BCUT2D eigenvalue weighted by Gasteiger charge is 2.19. The first kappa shape index (κ1) is 24.5. The molecule has 0 bridgehead atoms. The topological polar surface area (TPSA) is 84.0 Å². The van der Waals surface area contributed by atoms with E-state index in [2.05, 4.69) is 20.3 Å². The molecule has 4 aromatic carbocycles. The summed E-state index contributed by atoms with van der Waals surface area (Å²) in [5, 5.41) is 6.59. The number of amides is 1. The van der Waals surface area contributed by atoms with Gasteiger partial charge in [-0.2, -0.15) is 0 Å². The number of carbonyl (C=O) groups excluding carboxylic acids is 1. The number of hydrogen-bond donors (Lipinski definition) is 3. The van der Waals surface area contributed by atoms with E-state index >= 15 is 0 Å². The first-order chi connectivity index (χ1) is 18.1. The average molecular weight is 531 g/mol. The molecule has 9 heteroatoms. The zero-order valence-electron chi connectivity index (χ0n) is 19.6. The maximum Gasteiger partial charge on any atom is 0.411 e. The third-order valence-corrected chi connectivity index (χ3v) is 6.55. The van der Waals surface area contributed by atoms with E-state index in [1.807, 2.05) is 91.0 Å². The van der Waals surface area contributed by atoms with Crippen molar-refractivity contribution in [2.24, 2.45) is 4.99 Å². The number of rotatable bonds is 7. The SMILES string of the molecule is O=C(Nc1ccc(CN=C2NSc3cccc(Oc4ccccc4Cl)c3N2)cc1)OCc1ccccc1. The van der Waals surface area contributed by atoms with Gasteiger partial charge in [0, 0.05) is 5.69 Å². The molecule has 7 nitrogen and oxygen atoms in total. The molecule has 4 aromatic rings. The summed E-state index contributed by atoms with van der Waals surface area (Å²) < 4.78 is 14.5. The molecule has 37 heavy (non-hydrogen) atoms. The van der Waals surface area contributed by atoms with Crippen LogP contribution in [0.1, 0.15) is 11.1 Å². The van der Waals surface area contributed by atoms with Gasteiger partial charge in [-0.25, -0.2) is 9.79 Å². The summed E-state index contributed by atoms with van der Waals surface area (Å²) >= 11 is 7.72. The predicted molar refractivity (Wildman–Crippen MR) is 148 cm³/mol. The van der Waals surface area contributed by atoms with Crippen molar-refractivity contribution in [1.82, 2.24) is 4.72 Å². The van der Waals surface area contributed by atoms with E-state index in [0.29, 0.717) is 34.7 Å². The van der Waals surface area contributed by atoms with Crippen LogP contribution in [0.3, 0.4) is 0 Å². The molecule has 1 aliphatic heterocycles. The van der Waals surface area contributed by atoms with Gasteiger partial charge in [-0.05, 0) is 59.5 Å². The first-order valence-electron chi connectivity index (χ1n) is 11.5. The van der Waals surface area contributed by atoms with Crippen LogP contribution in [0.15, 0.2) is 107 Å². The molecule has 0 aromatic heterocycles. The molecule has 0 spiro atoms. The van der Waals surface area contributed by atoms with Crippen molar-refractivity contribution in [2.45, 2.75) is 18.0 Å². The van der Waals surface area contributed by atoms with Gasteiger partial charge in [-0.1, -0.05) is 72.3 Å². The van der Waals surface area contributed by atoms with Crippen LogP contribution >= 0.6 is 23.5 Å². The molecule has 5 rings (SSSR count). The van der Waals surface area contributed by atoms with Gasteiger partial charge in [-0.15, -0.1) is 0 Å². The fourth-order valence-corrected chi connectivity index (χ4v) is 4.41. The van der Waals surface area contributed by atoms with Gasteiger partial charge in [0.2, 0.25) is 5.96 Å². The summed E-state index contributed by atoms with van der Waals surface area (Å²) in [6.45, 7) is 0.659. The number of carbonyl (C=O) groups is 1. The molecule has 1 aliphatic rings. The summed E-state index contributed by atoms with van der Waals surface area (Å²) in [6, 6.07) is 30.2. The van der Waals surface area contributed by atoms with E-state index in [1.54, 1.807) is 6.07 Å². The maximum atomic E-state index is 12.1. The van der Waals surface area contributed by atoms with Crippen LogP contribution in [-0.2, 0) is 17.9 Å². The Labute approximate surface area is 224 Å². The summed E-state index contributed by atoms with van der Waals surface area (Å²) in [4.78, 5) is 17.7. The third kappa shape index (κ3) is 6.55. The minimum absolute atomic E-state index is 0.217. The lowest BCUT2D eigenvalue weighted by molar-refractivity contribution is 0.155. The third-order valence-electron chi connectivity index (χ3n) is 5.38. The lowest BCUT2D eigenvalue weighted by Gasteiger charge is -2.23. The number of guanidine groups is 1. The van der Waals surface area contributed by atoms with Crippen molar-refractivity contribution in [3.8, 4) is 11.5 Å².